The van der Waals surface area contributed by atoms with Gasteiger partial charge in [-0.05, 0) is 38.0 Å². The molecule has 0 radical (unpaired) electrons. The van der Waals surface area contributed by atoms with Crippen molar-refractivity contribution in [3.05, 3.63) is 0 Å². The Kier molecular flexibility index (Phi) is 3.78. The van der Waals surface area contributed by atoms with E-state index in [-0.39, 0.29) is 0 Å². The molecule has 0 saturated heterocycles. The minimum atomic E-state index is 0.483. The summed E-state index contributed by atoms with van der Waals surface area (Å²) in [4.78, 5) is 0. The molecule has 0 aromatic rings. The normalized spacial score (nSPS) is 40.3. The Balaban J connectivity index is 1.82. The van der Waals surface area contributed by atoms with Crippen LogP contribution in [0.2, 0.25) is 0 Å². The lowest BCUT2D eigenvalue weighted by atomic mass is 9.87. The maximum Gasteiger partial charge on any atom is 0.0204 e. The second-order valence-electron chi connectivity index (χ2n) is 5.16. The predicted octanol–water partition coefficient (Wildman–Crippen LogP) is 3.18. The van der Waals surface area contributed by atoms with Crippen LogP contribution in [0.4, 0.5) is 0 Å². The zero-order valence-corrected chi connectivity index (χ0v) is 10.1. The molecule has 0 amide bonds. The molecule has 0 aliphatic heterocycles. The van der Waals surface area contributed by atoms with Gasteiger partial charge in [0, 0.05) is 16.5 Å². The number of hydrogen-bond donors (Lipinski definition) is 1. The molecule has 3 atom stereocenters. The fraction of sp³-hybridized carbons (Fsp3) is 1.00. The third-order valence-corrected chi connectivity index (χ3v) is 5.52. The number of hydrogen-bond acceptors (Lipinski definition) is 2. The van der Waals surface area contributed by atoms with Crippen molar-refractivity contribution >= 4 is 11.8 Å². The SMILES string of the molecule is CC1CCC(N)C(SC2CCCC2)C1. The van der Waals surface area contributed by atoms with Crippen molar-refractivity contribution in [1.29, 1.82) is 0 Å². The van der Waals surface area contributed by atoms with Crippen molar-refractivity contribution in [2.24, 2.45) is 11.7 Å². The summed E-state index contributed by atoms with van der Waals surface area (Å²) in [7, 11) is 0. The summed E-state index contributed by atoms with van der Waals surface area (Å²) in [5.41, 5.74) is 6.20. The standard InChI is InChI=1S/C12H23NS/c1-9-6-7-11(13)12(8-9)14-10-4-2-3-5-10/h9-12H,2-8,13H2,1H3. The Morgan fingerprint density at radius 3 is 2.50 bits per heavy atom. The molecule has 3 unspecified atom stereocenters. The molecule has 1 nitrogen and oxygen atoms in total. The molecule has 2 fully saturated rings. The lowest BCUT2D eigenvalue weighted by Gasteiger charge is -2.33. The van der Waals surface area contributed by atoms with Crippen molar-refractivity contribution in [2.45, 2.75) is 68.4 Å². The van der Waals surface area contributed by atoms with E-state index in [0.29, 0.717) is 6.04 Å². The van der Waals surface area contributed by atoms with E-state index < -0.39 is 0 Å². The molecule has 2 heteroatoms. The highest BCUT2D eigenvalue weighted by molar-refractivity contribution is 8.00. The van der Waals surface area contributed by atoms with Gasteiger partial charge in [0.2, 0.25) is 0 Å². The molecule has 0 aromatic carbocycles. The Labute approximate surface area is 92.2 Å². The predicted molar refractivity (Wildman–Crippen MR) is 64.6 cm³/mol. The first-order chi connectivity index (χ1) is 6.75. The van der Waals surface area contributed by atoms with Gasteiger partial charge in [0.15, 0.2) is 0 Å². The molecule has 2 saturated carbocycles. The quantitative estimate of drug-likeness (QED) is 0.762. The molecule has 2 aliphatic rings. The minimum absolute atomic E-state index is 0.483. The molecule has 82 valence electrons. The monoisotopic (exact) mass is 213 g/mol. The highest BCUT2D eigenvalue weighted by Gasteiger charge is 2.29. The third-order valence-electron chi connectivity index (χ3n) is 3.77. The van der Waals surface area contributed by atoms with E-state index in [2.05, 4.69) is 18.7 Å². The minimum Gasteiger partial charge on any atom is -0.327 e. The van der Waals surface area contributed by atoms with Gasteiger partial charge < -0.3 is 5.73 Å². The van der Waals surface area contributed by atoms with Gasteiger partial charge in [-0.3, -0.25) is 0 Å². The zero-order chi connectivity index (χ0) is 9.97. The summed E-state index contributed by atoms with van der Waals surface area (Å²) in [5.74, 6) is 0.911. The van der Waals surface area contributed by atoms with Crippen LogP contribution in [0.15, 0.2) is 0 Å². The Hall–Kier alpha value is 0.310. The summed E-state index contributed by atoms with van der Waals surface area (Å²) in [6.07, 6.45) is 9.77. The Morgan fingerprint density at radius 2 is 1.79 bits per heavy atom. The fourth-order valence-electron chi connectivity index (χ4n) is 2.78. The van der Waals surface area contributed by atoms with Crippen LogP contribution < -0.4 is 5.73 Å². The summed E-state index contributed by atoms with van der Waals surface area (Å²) in [6.45, 7) is 2.38. The topological polar surface area (TPSA) is 26.0 Å². The van der Waals surface area contributed by atoms with Crippen LogP contribution in [-0.2, 0) is 0 Å². The van der Waals surface area contributed by atoms with Crippen molar-refractivity contribution in [3.63, 3.8) is 0 Å². The summed E-state index contributed by atoms with van der Waals surface area (Å²) >= 11 is 2.22. The maximum absolute atomic E-state index is 6.20. The van der Waals surface area contributed by atoms with Crippen molar-refractivity contribution in [2.75, 3.05) is 0 Å². The largest absolute Gasteiger partial charge is 0.327 e. The average Bonchev–Trinajstić information content (AvgIpc) is 2.64. The van der Waals surface area contributed by atoms with E-state index in [9.17, 15) is 0 Å². The molecule has 14 heavy (non-hydrogen) atoms. The molecular formula is C12H23NS. The van der Waals surface area contributed by atoms with Crippen LogP contribution in [0.3, 0.4) is 0 Å². The third kappa shape index (κ3) is 2.66. The smallest absolute Gasteiger partial charge is 0.0204 e. The van der Waals surface area contributed by atoms with Crippen LogP contribution in [-0.4, -0.2) is 16.5 Å². The van der Waals surface area contributed by atoms with E-state index in [4.69, 9.17) is 5.73 Å². The van der Waals surface area contributed by atoms with E-state index in [0.717, 1.165) is 16.4 Å². The van der Waals surface area contributed by atoms with Gasteiger partial charge in [-0.15, -0.1) is 0 Å². The maximum atomic E-state index is 6.20. The molecule has 0 aromatic heterocycles. The van der Waals surface area contributed by atoms with Gasteiger partial charge in [0.1, 0.15) is 0 Å². The molecule has 2 N–H and O–H groups in total. The van der Waals surface area contributed by atoms with Gasteiger partial charge in [0.05, 0.1) is 0 Å². The van der Waals surface area contributed by atoms with Crippen LogP contribution in [0.1, 0.15) is 51.9 Å². The van der Waals surface area contributed by atoms with E-state index in [1.165, 1.54) is 44.9 Å². The zero-order valence-electron chi connectivity index (χ0n) is 9.24. The second-order valence-corrected chi connectivity index (χ2v) is 6.71. The fourth-order valence-corrected chi connectivity index (χ4v) is 4.66. The molecule has 0 spiro atoms. The van der Waals surface area contributed by atoms with Crippen LogP contribution in [0.5, 0.6) is 0 Å². The summed E-state index contributed by atoms with van der Waals surface area (Å²) < 4.78 is 0. The number of nitrogens with two attached hydrogens (primary N) is 1. The number of rotatable bonds is 2. The van der Waals surface area contributed by atoms with E-state index in [1.54, 1.807) is 0 Å². The lowest BCUT2D eigenvalue weighted by Crippen LogP contribution is -2.38. The number of thioether (sulfide) groups is 1. The second kappa shape index (κ2) is 4.89. The van der Waals surface area contributed by atoms with Gasteiger partial charge >= 0.3 is 0 Å². The lowest BCUT2D eigenvalue weighted by molar-refractivity contribution is 0.357. The first-order valence-electron chi connectivity index (χ1n) is 6.16. The van der Waals surface area contributed by atoms with Crippen LogP contribution >= 0.6 is 11.8 Å². The summed E-state index contributed by atoms with van der Waals surface area (Å²) in [5, 5.41) is 1.71. The average molecular weight is 213 g/mol. The van der Waals surface area contributed by atoms with Gasteiger partial charge in [-0.2, -0.15) is 11.8 Å². The molecule has 2 aliphatic carbocycles. The summed E-state index contributed by atoms with van der Waals surface area (Å²) in [6, 6.07) is 0.483. The van der Waals surface area contributed by atoms with Crippen molar-refractivity contribution < 1.29 is 0 Å². The highest BCUT2D eigenvalue weighted by Crippen LogP contribution is 2.38. The van der Waals surface area contributed by atoms with Gasteiger partial charge in [-0.1, -0.05) is 19.8 Å². The first-order valence-corrected chi connectivity index (χ1v) is 7.11. The van der Waals surface area contributed by atoms with Crippen molar-refractivity contribution in [3.8, 4) is 0 Å². The Bertz CT molecular complexity index is 177. The molecule has 0 bridgehead atoms. The van der Waals surface area contributed by atoms with Gasteiger partial charge in [-0.25, -0.2) is 0 Å². The molecular weight excluding hydrogens is 190 g/mol. The Morgan fingerprint density at radius 1 is 1.07 bits per heavy atom. The highest BCUT2D eigenvalue weighted by atomic mass is 32.2. The van der Waals surface area contributed by atoms with E-state index >= 15 is 0 Å². The molecule has 2 rings (SSSR count). The first kappa shape index (κ1) is 10.8. The molecule has 0 heterocycles. The van der Waals surface area contributed by atoms with E-state index in [1.807, 2.05) is 0 Å². The van der Waals surface area contributed by atoms with Crippen molar-refractivity contribution in [1.82, 2.24) is 0 Å². The van der Waals surface area contributed by atoms with Gasteiger partial charge in [0.25, 0.3) is 0 Å². The van der Waals surface area contributed by atoms with Crippen LogP contribution in [0.25, 0.3) is 0 Å². The van der Waals surface area contributed by atoms with Crippen LogP contribution in [0, 0.1) is 5.92 Å².